The van der Waals surface area contributed by atoms with Crippen molar-refractivity contribution in [2.45, 2.75) is 37.6 Å². The Kier molecular flexibility index (Phi) is 5.25. The topological polar surface area (TPSA) is 35.6 Å². The number of para-hydroxylation sites is 1. The van der Waals surface area contributed by atoms with E-state index in [-0.39, 0.29) is 6.42 Å². The van der Waals surface area contributed by atoms with Crippen molar-refractivity contribution < 1.29 is 13.6 Å². The summed E-state index contributed by atoms with van der Waals surface area (Å²) in [5.41, 5.74) is 0.441. The van der Waals surface area contributed by atoms with Crippen molar-refractivity contribution in [3.63, 3.8) is 0 Å². The van der Waals surface area contributed by atoms with Gasteiger partial charge in [0.15, 0.2) is 0 Å². The second-order valence-corrected chi connectivity index (χ2v) is 7.02. The quantitative estimate of drug-likeness (QED) is 0.885. The lowest BCUT2D eigenvalue weighted by atomic mass is 10.1. The minimum Gasteiger partial charge on any atom is -0.314 e. The van der Waals surface area contributed by atoms with Crippen LogP contribution in [0.2, 0.25) is 5.02 Å². The van der Waals surface area contributed by atoms with Crippen molar-refractivity contribution in [1.29, 1.82) is 0 Å². The molecular formula is C17H22ClF2N3O. The maximum absolute atomic E-state index is 13.9. The fourth-order valence-electron chi connectivity index (χ4n) is 3.49. The van der Waals surface area contributed by atoms with Gasteiger partial charge in [-0.15, -0.1) is 0 Å². The lowest BCUT2D eigenvalue weighted by Gasteiger charge is -2.32. The molecule has 24 heavy (non-hydrogen) atoms. The summed E-state index contributed by atoms with van der Waals surface area (Å²) in [7, 11) is 0. The predicted octanol–water partition coefficient (Wildman–Crippen LogP) is 4.07. The molecular weight excluding hydrogens is 336 g/mol. The Labute approximate surface area is 145 Å². The van der Waals surface area contributed by atoms with Crippen LogP contribution < -0.4 is 5.32 Å². The van der Waals surface area contributed by atoms with E-state index in [1.54, 1.807) is 24.3 Å². The van der Waals surface area contributed by atoms with Gasteiger partial charge < -0.3 is 15.1 Å². The summed E-state index contributed by atoms with van der Waals surface area (Å²) in [5.74, 6) is -2.84. The molecule has 2 saturated heterocycles. The summed E-state index contributed by atoms with van der Waals surface area (Å²) in [4.78, 5) is 16.0. The second kappa shape index (κ2) is 7.23. The lowest BCUT2D eigenvalue weighted by Crippen LogP contribution is -2.46. The van der Waals surface area contributed by atoms with E-state index >= 15 is 0 Å². The number of urea groups is 1. The number of rotatable bonds is 3. The normalized spacial score (nSPS) is 24.1. The zero-order chi connectivity index (χ0) is 17.2. The zero-order valence-corrected chi connectivity index (χ0v) is 14.2. The first-order valence-corrected chi connectivity index (χ1v) is 8.75. The van der Waals surface area contributed by atoms with Crippen LogP contribution in [0.15, 0.2) is 24.3 Å². The van der Waals surface area contributed by atoms with Crippen LogP contribution in [0.5, 0.6) is 0 Å². The highest BCUT2D eigenvalue weighted by atomic mass is 35.5. The van der Waals surface area contributed by atoms with Crippen LogP contribution >= 0.6 is 11.6 Å². The first kappa shape index (κ1) is 17.4. The van der Waals surface area contributed by atoms with Crippen LogP contribution in [0, 0.1) is 0 Å². The lowest BCUT2D eigenvalue weighted by molar-refractivity contribution is 0.0147. The number of nitrogens with one attached hydrogen (secondary N) is 1. The number of halogens is 3. The van der Waals surface area contributed by atoms with E-state index in [2.05, 4.69) is 10.2 Å². The van der Waals surface area contributed by atoms with Gasteiger partial charge in [-0.1, -0.05) is 30.2 Å². The van der Waals surface area contributed by atoms with Crippen LogP contribution in [-0.4, -0.2) is 54.0 Å². The summed E-state index contributed by atoms with van der Waals surface area (Å²) in [6.07, 6.45) is 3.09. The number of nitrogens with zero attached hydrogens (tertiary/aromatic N) is 2. The summed E-state index contributed by atoms with van der Waals surface area (Å²) in [6.45, 7) is 1.80. The SMILES string of the molecule is O=C(Nc1ccccc1Cl)N1CC(F)(F)C[C@H]1CN1CCCCC1. The van der Waals surface area contributed by atoms with Gasteiger partial charge >= 0.3 is 6.03 Å². The molecule has 0 aromatic heterocycles. The number of hydrogen-bond donors (Lipinski definition) is 1. The van der Waals surface area contributed by atoms with Gasteiger partial charge in [0.2, 0.25) is 0 Å². The van der Waals surface area contributed by atoms with Gasteiger partial charge in [-0.3, -0.25) is 0 Å². The van der Waals surface area contributed by atoms with Gasteiger partial charge in [-0.05, 0) is 38.1 Å². The number of benzene rings is 1. The average Bonchev–Trinajstić information content (AvgIpc) is 2.85. The van der Waals surface area contributed by atoms with Crippen LogP contribution in [0.3, 0.4) is 0 Å². The molecule has 2 aliphatic heterocycles. The van der Waals surface area contributed by atoms with Gasteiger partial charge in [0.05, 0.1) is 23.3 Å². The molecule has 1 aromatic rings. The maximum Gasteiger partial charge on any atom is 0.322 e. The third-order valence-corrected chi connectivity index (χ3v) is 5.00. The van der Waals surface area contributed by atoms with E-state index in [9.17, 15) is 13.6 Å². The van der Waals surface area contributed by atoms with Crippen LogP contribution in [0.25, 0.3) is 0 Å². The molecule has 0 radical (unpaired) electrons. The number of anilines is 1. The van der Waals surface area contributed by atoms with Crippen molar-refractivity contribution >= 4 is 23.3 Å². The van der Waals surface area contributed by atoms with Crippen molar-refractivity contribution in [2.24, 2.45) is 0 Å². The average molecular weight is 358 g/mol. The highest BCUT2D eigenvalue weighted by molar-refractivity contribution is 6.33. The smallest absolute Gasteiger partial charge is 0.314 e. The highest BCUT2D eigenvalue weighted by Crippen LogP contribution is 2.33. The van der Waals surface area contributed by atoms with Crippen molar-refractivity contribution in [2.75, 3.05) is 31.5 Å². The maximum atomic E-state index is 13.9. The molecule has 0 aliphatic carbocycles. The minimum atomic E-state index is -2.84. The molecule has 2 heterocycles. The Hall–Kier alpha value is -1.40. The molecule has 0 spiro atoms. The zero-order valence-electron chi connectivity index (χ0n) is 13.5. The summed E-state index contributed by atoms with van der Waals surface area (Å²) >= 11 is 6.03. The van der Waals surface area contributed by atoms with Gasteiger partial charge in [0.25, 0.3) is 5.92 Å². The number of likely N-dealkylation sites (tertiary alicyclic amines) is 2. The molecule has 3 rings (SSSR count). The van der Waals surface area contributed by atoms with Crippen molar-refractivity contribution in [3.8, 4) is 0 Å². The molecule has 0 unspecified atom stereocenters. The van der Waals surface area contributed by atoms with E-state index in [1.165, 1.54) is 11.3 Å². The number of alkyl halides is 2. The number of hydrogen-bond acceptors (Lipinski definition) is 2. The molecule has 1 aromatic carbocycles. The molecule has 2 fully saturated rings. The van der Waals surface area contributed by atoms with Crippen molar-refractivity contribution in [1.82, 2.24) is 9.80 Å². The molecule has 0 saturated carbocycles. The standard InChI is InChI=1S/C17H22ClF2N3O/c18-14-6-2-3-7-15(14)21-16(24)23-12-17(19,20)10-13(23)11-22-8-4-1-5-9-22/h2-3,6-7,13H,1,4-5,8-12H2,(H,21,24)/t13-/m0/s1. The van der Waals surface area contributed by atoms with Crippen LogP contribution in [0.4, 0.5) is 19.3 Å². The molecule has 1 atom stereocenters. The molecule has 132 valence electrons. The van der Waals surface area contributed by atoms with Crippen LogP contribution in [0.1, 0.15) is 25.7 Å². The molecule has 1 N–H and O–H groups in total. The summed E-state index contributed by atoms with van der Waals surface area (Å²) in [5, 5.41) is 3.05. The van der Waals surface area contributed by atoms with E-state index in [0.29, 0.717) is 17.3 Å². The van der Waals surface area contributed by atoms with Gasteiger partial charge in [0, 0.05) is 13.0 Å². The van der Waals surface area contributed by atoms with Crippen LogP contribution in [-0.2, 0) is 0 Å². The Morgan fingerprint density at radius 2 is 1.96 bits per heavy atom. The van der Waals surface area contributed by atoms with Gasteiger partial charge in [-0.2, -0.15) is 0 Å². The fraction of sp³-hybridized carbons (Fsp3) is 0.588. The first-order valence-electron chi connectivity index (χ1n) is 8.37. The Balaban J connectivity index is 1.68. The number of carbonyl (C=O) groups is 1. The Morgan fingerprint density at radius 1 is 1.25 bits per heavy atom. The molecule has 2 aliphatic rings. The number of carbonyl (C=O) groups excluding carboxylic acids is 1. The second-order valence-electron chi connectivity index (χ2n) is 6.61. The largest absolute Gasteiger partial charge is 0.322 e. The third kappa shape index (κ3) is 4.16. The molecule has 7 heteroatoms. The highest BCUT2D eigenvalue weighted by Gasteiger charge is 2.47. The summed E-state index contributed by atoms with van der Waals surface area (Å²) < 4.78 is 27.8. The molecule has 0 bridgehead atoms. The molecule has 2 amide bonds. The third-order valence-electron chi connectivity index (χ3n) is 4.67. The molecule has 4 nitrogen and oxygen atoms in total. The van der Waals surface area contributed by atoms with E-state index in [4.69, 9.17) is 11.6 Å². The number of amides is 2. The summed E-state index contributed by atoms with van der Waals surface area (Å²) in [6, 6.07) is 5.82. The van der Waals surface area contributed by atoms with Crippen molar-refractivity contribution in [3.05, 3.63) is 29.3 Å². The first-order chi connectivity index (χ1) is 11.4. The number of piperidine rings is 1. The minimum absolute atomic E-state index is 0.278. The van der Waals surface area contributed by atoms with Gasteiger partial charge in [0.1, 0.15) is 0 Å². The monoisotopic (exact) mass is 357 g/mol. The fourth-order valence-corrected chi connectivity index (χ4v) is 3.67. The van der Waals surface area contributed by atoms with E-state index in [1.807, 2.05) is 0 Å². The Bertz CT molecular complexity index is 593. The van der Waals surface area contributed by atoms with E-state index < -0.39 is 24.5 Å². The predicted molar refractivity (Wildman–Crippen MR) is 90.8 cm³/mol. The Morgan fingerprint density at radius 3 is 2.67 bits per heavy atom. The van der Waals surface area contributed by atoms with Gasteiger partial charge in [-0.25, -0.2) is 13.6 Å². The van der Waals surface area contributed by atoms with E-state index in [0.717, 1.165) is 25.9 Å².